The zero-order valence-corrected chi connectivity index (χ0v) is 15.3. The lowest BCUT2D eigenvalue weighted by atomic mass is 10.2. The molecule has 0 radical (unpaired) electrons. The lowest BCUT2D eigenvalue weighted by Crippen LogP contribution is -2.14. The van der Waals surface area contributed by atoms with Crippen LogP contribution in [0.1, 0.15) is 27.3 Å². The normalized spacial score (nSPS) is 10.7. The van der Waals surface area contributed by atoms with Gasteiger partial charge in [0.2, 0.25) is 0 Å². The van der Waals surface area contributed by atoms with Gasteiger partial charge in [0, 0.05) is 11.8 Å². The predicted octanol–water partition coefficient (Wildman–Crippen LogP) is 4.21. The number of rotatable bonds is 3. The van der Waals surface area contributed by atoms with Crippen LogP contribution in [0.15, 0.2) is 47.1 Å². The zero-order chi connectivity index (χ0) is 17.3. The van der Waals surface area contributed by atoms with Crippen molar-refractivity contribution in [3.05, 3.63) is 69.6 Å². The Hall–Kier alpha value is -2.47. The fraction of sp³-hybridized carbons (Fsp3) is 0.167. The zero-order valence-electron chi connectivity index (χ0n) is 13.7. The predicted molar refractivity (Wildman–Crippen MR) is 97.7 cm³/mol. The number of hydrogen-bond donors (Lipinski definition) is 1. The number of hydrogen-bond acceptors (Lipinski definition) is 3. The fourth-order valence-electron chi connectivity index (χ4n) is 2.43. The summed E-state index contributed by atoms with van der Waals surface area (Å²) < 4.78 is 2.85. The third-order valence-electron chi connectivity index (χ3n) is 3.82. The van der Waals surface area contributed by atoms with Crippen molar-refractivity contribution in [1.82, 2.24) is 14.8 Å². The molecule has 1 amide bonds. The van der Waals surface area contributed by atoms with Crippen LogP contribution < -0.4 is 5.32 Å². The third-order valence-corrected chi connectivity index (χ3v) is 4.97. The molecule has 6 heteroatoms. The van der Waals surface area contributed by atoms with Gasteiger partial charge in [-0.15, -0.1) is 0 Å². The Kier molecular flexibility index (Phi) is 4.49. The summed E-state index contributed by atoms with van der Waals surface area (Å²) in [6, 6.07) is 11.1. The Balaban J connectivity index is 1.83. The second-order valence-corrected chi connectivity index (χ2v) is 6.36. The second-order valence-electron chi connectivity index (χ2n) is 5.57. The van der Waals surface area contributed by atoms with Crippen LogP contribution in [0.3, 0.4) is 0 Å². The molecule has 3 rings (SSSR count). The van der Waals surface area contributed by atoms with Crippen molar-refractivity contribution in [2.24, 2.45) is 0 Å². The lowest BCUT2D eigenvalue weighted by molar-refractivity contribution is 0.102. The van der Waals surface area contributed by atoms with Crippen molar-refractivity contribution in [2.45, 2.75) is 20.8 Å². The minimum absolute atomic E-state index is 0.183. The number of benzene rings is 1. The number of aryl methyl sites for hydroxylation is 2. The maximum Gasteiger partial charge on any atom is 0.256 e. The molecular weight excluding hydrogens is 368 g/mol. The van der Waals surface area contributed by atoms with Gasteiger partial charge in [-0.05, 0) is 72.6 Å². The number of nitrogens with one attached hydrogen (secondary N) is 1. The van der Waals surface area contributed by atoms with Crippen LogP contribution in [0.2, 0.25) is 0 Å². The van der Waals surface area contributed by atoms with Gasteiger partial charge >= 0.3 is 0 Å². The Labute approximate surface area is 148 Å². The maximum atomic E-state index is 12.4. The van der Waals surface area contributed by atoms with Crippen LogP contribution in [0.4, 0.5) is 5.82 Å². The first-order valence-electron chi connectivity index (χ1n) is 7.52. The molecule has 0 aliphatic rings. The minimum Gasteiger partial charge on any atom is -0.306 e. The summed E-state index contributed by atoms with van der Waals surface area (Å²) >= 11 is 3.52. The summed E-state index contributed by atoms with van der Waals surface area (Å²) in [6.07, 6.45) is 1.66. The number of pyridine rings is 1. The molecule has 2 aromatic heterocycles. The lowest BCUT2D eigenvalue weighted by Gasteiger charge is -2.08. The Morgan fingerprint density at radius 1 is 1.12 bits per heavy atom. The summed E-state index contributed by atoms with van der Waals surface area (Å²) in [6.45, 7) is 5.85. The molecule has 0 bridgehead atoms. The van der Waals surface area contributed by atoms with Crippen molar-refractivity contribution >= 4 is 27.7 Å². The largest absolute Gasteiger partial charge is 0.306 e. The molecule has 1 N–H and O–H groups in total. The second kappa shape index (κ2) is 6.57. The SMILES string of the molecule is Cc1cccnc1NC(=O)c1ccc(-n2nc(C)c(Br)c2C)cc1. The van der Waals surface area contributed by atoms with Gasteiger partial charge in [0.1, 0.15) is 5.82 Å². The average Bonchev–Trinajstić information content (AvgIpc) is 2.84. The molecule has 1 aromatic carbocycles. The first-order chi connectivity index (χ1) is 11.5. The van der Waals surface area contributed by atoms with E-state index >= 15 is 0 Å². The van der Waals surface area contributed by atoms with Crippen molar-refractivity contribution in [3.63, 3.8) is 0 Å². The van der Waals surface area contributed by atoms with Crippen molar-refractivity contribution in [3.8, 4) is 5.69 Å². The van der Waals surface area contributed by atoms with Crippen LogP contribution in [-0.4, -0.2) is 20.7 Å². The number of carbonyl (C=O) groups is 1. The van der Waals surface area contributed by atoms with E-state index in [0.717, 1.165) is 27.1 Å². The quantitative estimate of drug-likeness (QED) is 0.735. The first-order valence-corrected chi connectivity index (χ1v) is 8.32. The van der Waals surface area contributed by atoms with Gasteiger partial charge in [-0.25, -0.2) is 9.67 Å². The minimum atomic E-state index is -0.183. The van der Waals surface area contributed by atoms with E-state index in [4.69, 9.17) is 0 Å². The number of aromatic nitrogens is 3. The number of anilines is 1. The van der Waals surface area contributed by atoms with Gasteiger partial charge in [0.15, 0.2) is 0 Å². The molecule has 0 spiro atoms. The Morgan fingerprint density at radius 2 is 1.83 bits per heavy atom. The highest BCUT2D eigenvalue weighted by Gasteiger charge is 2.12. The van der Waals surface area contributed by atoms with E-state index < -0.39 is 0 Å². The van der Waals surface area contributed by atoms with Crippen LogP contribution in [0, 0.1) is 20.8 Å². The van der Waals surface area contributed by atoms with Gasteiger partial charge in [0.25, 0.3) is 5.91 Å². The summed E-state index contributed by atoms with van der Waals surface area (Å²) in [5, 5.41) is 7.32. The van der Waals surface area contributed by atoms with Crippen molar-refractivity contribution in [2.75, 3.05) is 5.32 Å². The van der Waals surface area contributed by atoms with Gasteiger partial charge in [0.05, 0.1) is 21.5 Å². The van der Waals surface area contributed by atoms with E-state index in [1.807, 2.05) is 49.7 Å². The molecule has 0 fully saturated rings. The number of carbonyl (C=O) groups excluding carboxylic acids is 1. The molecule has 3 aromatic rings. The smallest absolute Gasteiger partial charge is 0.256 e. The number of amides is 1. The standard InChI is InChI=1S/C18H17BrN4O/c1-11-5-4-10-20-17(11)21-18(24)14-6-8-15(9-7-14)23-13(3)16(19)12(2)22-23/h4-10H,1-3H3,(H,20,21,24). The molecule has 0 aliphatic carbocycles. The van der Waals surface area contributed by atoms with Gasteiger partial charge < -0.3 is 5.32 Å². The highest BCUT2D eigenvalue weighted by Crippen LogP contribution is 2.23. The summed E-state index contributed by atoms with van der Waals surface area (Å²) in [5.74, 6) is 0.395. The molecule has 0 atom stereocenters. The van der Waals surface area contributed by atoms with Gasteiger partial charge in [-0.2, -0.15) is 5.10 Å². The average molecular weight is 385 g/mol. The van der Waals surface area contributed by atoms with E-state index in [0.29, 0.717) is 11.4 Å². The molecule has 24 heavy (non-hydrogen) atoms. The molecule has 5 nitrogen and oxygen atoms in total. The number of nitrogens with zero attached hydrogens (tertiary/aromatic N) is 3. The molecule has 0 aliphatic heterocycles. The van der Waals surface area contributed by atoms with Crippen molar-refractivity contribution in [1.29, 1.82) is 0 Å². The van der Waals surface area contributed by atoms with Crippen LogP contribution in [0.5, 0.6) is 0 Å². The third kappa shape index (κ3) is 3.10. The summed E-state index contributed by atoms with van der Waals surface area (Å²) in [7, 11) is 0. The van der Waals surface area contributed by atoms with Gasteiger partial charge in [-0.1, -0.05) is 6.07 Å². The topological polar surface area (TPSA) is 59.8 Å². The molecular formula is C18H17BrN4O. The Bertz CT molecular complexity index is 900. The molecule has 2 heterocycles. The summed E-state index contributed by atoms with van der Waals surface area (Å²) in [4.78, 5) is 16.5. The highest BCUT2D eigenvalue weighted by molar-refractivity contribution is 9.10. The molecule has 0 saturated carbocycles. The van der Waals surface area contributed by atoms with Gasteiger partial charge in [-0.3, -0.25) is 4.79 Å². The van der Waals surface area contributed by atoms with Crippen molar-refractivity contribution < 1.29 is 4.79 Å². The van der Waals surface area contributed by atoms with E-state index in [2.05, 4.69) is 31.3 Å². The first kappa shape index (κ1) is 16.4. The van der Waals surface area contributed by atoms with Crippen LogP contribution in [-0.2, 0) is 0 Å². The van der Waals surface area contributed by atoms with E-state index in [9.17, 15) is 4.79 Å². The van der Waals surface area contributed by atoms with E-state index in [-0.39, 0.29) is 5.91 Å². The van der Waals surface area contributed by atoms with E-state index in [1.54, 1.807) is 18.3 Å². The molecule has 0 saturated heterocycles. The monoisotopic (exact) mass is 384 g/mol. The highest BCUT2D eigenvalue weighted by atomic mass is 79.9. The maximum absolute atomic E-state index is 12.4. The van der Waals surface area contributed by atoms with E-state index in [1.165, 1.54) is 0 Å². The van der Waals surface area contributed by atoms with Crippen LogP contribution in [0.25, 0.3) is 5.69 Å². The molecule has 0 unspecified atom stereocenters. The van der Waals surface area contributed by atoms with Crippen LogP contribution >= 0.6 is 15.9 Å². The molecule has 122 valence electrons. The summed E-state index contributed by atoms with van der Waals surface area (Å²) in [5.41, 5.74) is 4.36. The fourth-order valence-corrected chi connectivity index (χ4v) is 2.67. The number of halogens is 1. The Morgan fingerprint density at radius 3 is 2.42 bits per heavy atom.